The van der Waals surface area contributed by atoms with E-state index in [1.807, 2.05) is 25.1 Å². The molecular formula is C17H27N3O2. The normalized spacial score (nSPS) is 20.0. The molecule has 122 valence electrons. The average Bonchev–Trinajstić information content (AvgIpc) is 2.47. The molecule has 2 N–H and O–H groups in total. The van der Waals surface area contributed by atoms with Crippen molar-refractivity contribution in [2.45, 2.75) is 38.5 Å². The number of piperidine rings is 1. The number of likely N-dealkylation sites (N-methyl/N-ethyl adjacent to an activating group) is 1. The lowest BCUT2D eigenvalue weighted by Crippen LogP contribution is -2.51. The fraction of sp³-hybridized carbons (Fsp3) is 0.588. The molecule has 1 aliphatic rings. The molecule has 1 aromatic rings. The summed E-state index contributed by atoms with van der Waals surface area (Å²) >= 11 is 0. The standard InChI is InChI=1S/C17H27N3O2/c1-14(11-19(2)12-15-7-4-3-5-8-15)18-17(22)20-10-6-9-16(21)13-20/h3-5,7-8,14,16,21H,6,9-13H2,1-2H3,(H,18,22)/t14-,16-/m1/s1. The van der Waals surface area contributed by atoms with Crippen molar-refractivity contribution >= 4 is 6.03 Å². The van der Waals surface area contributed by atoms with E-state index in [0.717, 1.165) is 32.5 Å². The van der Waals surface area contributed by atoms with Gasteiger partial charge in [0, 0.05) is 32.2 Å². The summed E-state index contributed by atoms with van der Waals surface area (Å²) in [5, 5.41) is 12.7. The Labute approximate surface area is 132 Å². The van der Waals surface area contributed by atoms with Gasteiger partial charge in [0.25, 0.3) is 0 Å². The molecule has 2 amide bonds. The molecule has 5 heteroatoms. The summed E-state index contributed by atoms with van der Waals surface area (Å²) in [5.41, 5.74) is 1.27. The van der Waals surface area contributed by atoms with Crippen LogP contribution in [0.25, 0.3) is 0 Å². The SMILES string of the molecule is C[C@H](CN(C)Cc1ccccc1)NC(=O)N1CCC[C@@H](O)C1. The third-order valence-electron chi connectivity index (χ3n) is 3.93. The van der Waals surface area contributed by atoms with Crippen molar-refractivity contribution in [2.75, 3.05) is 26.7 Å². The molecule has 22 heavy (non-hydrogen) atoms. The second-order valence-corrected chi connectivity index (χ2v) is 6.27. The zero-order chi connectivity index (χ0) is 15.9. The Hall–Kier alpha value is -1.59. The number of hydrogen-bond donors (Lipinski definition) is 2. The highest BCUT2D eigenvalue weighted by Gasteiger charge is 2.23. The number of nitrogens with zero attached hydrogens (tertiary/aromatic N) is 2. The van der Waals surface area contributed by atoms with Crippen molar-refractivity contribution in [2.24, 2.45) is 0 Å². The lowest BCUT2D eigenvalue weighted by molar-refractivity contribution is 0.0830. The highest BCUT2D eigenvalue weighted by Crippen LogP contribution is 2.10. The number of likely N-dealkylation sites (tertiary alicyclic amines) is 1. The predicted molar refractivity (Wildman–Crippen MR) is 87.6 cm³/mol. The average molecular weight is 305 g/mol. The van der Waals surface area contributed by atoms with Gasteiger partial charge < -0.3 is 20.2 Å². The maximum Gasteiger partial charge on any atom is 0.317 e. The van der Waals surface area contributed by atoms with Gasteiger partial charge in [0.15, 0.2) is 0 Å². The van der Waals surface area contributed by atoms with E-state index in [9.17, 15) is 9.90 Å². The molecule has 2 rings (SSSR count). The second kappa shape index (κ2) is 8.15. The van der Waals surface area contributed by atoms with Crippen LogP contribution < -0.4 is 5.32 Å². The van der Waals surface area contributed by atoms with E-state index < -0.39 is 0 Å². The lowest BCUT2D eigenvalue weighted by atomic mass is 10.1. The number of hydrogen-bond acceptors (Lipinski definition) is 3. The number of rotatable bonds is 5. The van der Waals surface area contributed by atoms with Crippen molar-refractivity contribution in [1.29, 1.82) is 0 Å². The second-order valence-electron chi connectivity index (χ2n) is 6.27. The minimum absolute atomic E-state index is 0.0697. The topological polar surface area (TPSA) is 55.8 Å². The first-order valence-corrected chi connectivity index (χ1v) is 8.00. The highest BCUT2D eigenvalue weighted by molar-refractivity contribution is 5.74. The van der Waals surface area contributed by atoms with Crippen molar-refractivity contribution in [3.8, 4) is 0 Å². The van der Waals surface area contributed by atoms with Crippen LogP contribution in [0.2, 0.25) is 0 Å². The molecule has 0 saturated carbocycles. The van der Waals surface area contributed by atoms with E-state index in [1.54, 1.807) is 4.90 Å². The summed E-state index contributed by atoms with van der Waals surface area (Å²) in [6, 6.07) is 10.3. The van der Waals surface area contributed by atoms with Gasteiger partial charge in [-0.3, -0.25) is 0 Å². The molecule has 0 unspecified atom stereocenters. The Kier molecular flexibility index (Phi) is 6.21. The van der Waals surface area contributed by atoms with E-state index in [0.29, 0.717) is 6.54 Å². The smallest absolute Gasteiger partial charge is 0.317 e. The highest BCUT2D eigenvalue weighted by atomic mass is 16.3. The molecule has 1 heterocycles. The minimum atomic E-state index is -0.379. The Morgan fingerprint density at radius 1 is 1.45 bits per heavy atom. The predicted octanol–water partition coefficient (Wildman–Crippen LogP) is 1.67. The quantitative estimate of drug-likeness (QED) is 0.870. The molecule has 1 saturated heterocycles. The molecule has 1 aliphatic heterocycles. The van der Waals surface area contributed by atoms with Crippen LogP contribution in [0, 0.1) is 0 Å². The lowest BCUT2D eigenvalue weighted by Gasteiger charge is -2.32. The Balaban J connectivity index is 1.74. The summed E-state index contributed by atoms with van der Waals surface area (Å²) in [6.07, 6.45) is 1.28. The van der Waals surface area contributed by atoms with Crippen LogP contribution in [0.15, 0.2) is 30.3 Å². The largest absolute Gasteiger partial charge is 0.391 e. The maximum atomic E-state index is 12.2. The van der Waals surface area contributed by atoms with Crippen molar-refractivity contribution in [1.82, 2.24) is 15.1 Å². The summed E-state index contributed by atoms with van der Waals surface area (Å²) in [6.45, 7) is 4.84. The van der Waals surface area contributed by atoms with E-state index in [2.05, 4.69) is 29.4 Å². The first-order chi connectivity index (χ1) is 10.5. The van der Waals surface area contributed by atoms with E-state index in [4.69, 9.17) is 0 Å². The third-order valence-corrected chi connectivity index (χ3v) is 3.93. The number of β-amino-alcohol motifs (C(OH)–C–C–N with tert-alkyl or cyclic N) is 1. The number of aliphatic hydroxyl groups excluding tert-OH is 1. The van der Waals surface area contributed by atoms with Gasteiger partial charge >= 0.3 is 6.03 Å². The van der Waals surface area contributed by atoms with Crippen LogP contribution in [0.5, 0.6) is 0 Å². The molecular weight excluding hydrogens is 278 g/mol. The number of aliphatic hydroxyl groups is 1. The number of amides is 2. The first-order valence-electron chi connectivity index (χ1n) is 8.00. The number of carbonyl (C=O) groups is 1. The molecule has 0 radical (unpaired) electrons. The van der Waals surface area contributed by atoms with Crippen molar-refractivity contribution in [3.63, 3.8) is 0 Å². The first kappa shape index (κ1) is 16.8. The summed E-state index contributed by atoms with van der Waals surface area (Å²) in [4.78, 5) is 16.1. The van der Waals surface area contributed by atoms with E-state index in [-0.39, 0.29) is 18.2 Å². The maximum absolute atomic E-state index is 12.2. The van der Waals surface area contributed by atoms with Gasteiger partial charge in [0.1, 0.15) is 0 Å². The Morgan fingerprint density at radius 2 is 2.18 bits per heavy atom. The van der Waals surface area contributed by atoms with Crippen LogP contribution in [0.1, 0.15) is 25.3 Å². The Morgan fingerprint density at radius 3 is 2.86 bits per heavy atom. The summed E-state index contributed by atoms with van der Waals surface area (Å²) < 4.78 is 0. The van der Waals surface area contributed by atoms with Gasteiger partial charge in [0.05, 0.1) is 6.10 Å². The zero-order valence-electron chi connectivity index (χ0n) is 13.5. The van der Waals surface area contributed by atoms with E-state index in [1.165, 1.54) is 5.56 Å². The van der Waals surface area contributed by atoms with Gasteiger partial charge in [0.2, 0.25) is 0 Å². The molecule has 0 aliphatic carbocycles. The fourth-order valence-corrected chi connectivity index (χ4v) is 2.91. The Bertz CT molecular complexity index is 466. The number of carbonyl (C=O) groups excluding carboxylic acids is 1. The molecule has 1 aromatic carbocycles. The van der Waals surface area contributed by atoms with Crippen LogP contribution in [0.3, 0.4) is 0 Å². The molecule has 0 spiro atoms. The van der Waals surface area contributed by atoms with Gasteiger partial charge in [-0.25, -0.2) is 4.79 Å². The van der Waals surface area contributed by atoms with Crippen LogP contribution >= 0.6 is 0 Å². The zero-order valence-corrected chi connectivity index (χ0v) is 13.5. The molecule has 1 fully saturated rings. The van der Waals surface area contributed by atoms with Crippen LogP contribution in [0.4, 0.5) is 4.79 Å². The van der Waals surface area contributed by atoms with Gasteiger partial charge in [-0.15, -0.1) is 0 Å². The number of benzene rings is 1. The monoisotopic (exact) mass is 305 g/mol. The molecule has 0 aromatic heterocycles. The fourth-order valence-electron chi connectivity index (χ4n) is 2.91. The van der Waals surface area contributed by atoms with Crippen molar-refractivity contribution < 1.29 is 9.90 Å². The summed E-state index contributed by atoms with van der Waals surface area (Å²) in [5.74, 6) is 0. The minimum Gasteiger partial charge on any atom is -0.391 e. The van der Waals surface area contributed by atoms with Gasteiger partial charge in [-0.1, -0.05) is 30.3 Å². The molecule has 5 nitrogen and oxygen atoms in total. The summed E-state index contributed by atoms with van der Waals surface area (Å²) in [7, 11) is 2.06. The number of nitrogens with one attached hydrogen (secondary N) is 1. The molecule has 0 bridgehead atoms. The third kappa shape index (κ3) is 5.31. The van der Waals surface area contributed by atoms with Crippen molar-refractivity contribution in [3.05, 3.63) is 35.9 Å². The number of urea groups is 1. The van der Waals surface area contributed by atoms with Crippen LogP contribution in [-0.2, 0) is 6.54 Å². The van der Waals surface area contributed by atoms with Gasteiger partial charge in [-0.05, 0) is 32.4 Å². The van der Waals surface area contributed by atoms with Gasteiger partial charge in [-0.2, -0.15) is 0 Å². The molecule has 2 atom stereocenters. The van der Waals surface area contributed by atoms with E-state index >= 15 is 0 Å². The van der Waals surface area contributed by atoms with Crippen LogP contribution in [-0.4, -0.2) is 59.8 Å².